The lowest BCUT2D eigenvalue weighted by molar-refractivity contribution is 0.0474. The minimum Gasteiger partial charge on any atom is -0.454 e. The molecule has 28 heavy (non-hydrogen) atoms. The van der Waals surface area contributed by atoms with E-state index < -0.39 is 17.7 Å². The van der Waals surface area contributed by atoms with Gasteiger partial charge in [-0.3, -0.25) is 10.1 Å². The molecular weight excluding hydrogens is 360 g/mol. The highest BCUT2D eigenvalue weighted by Gasteiger charge is 2.18. The Morgan fingerprint density at radius 2 is 1.68 bits per heavy atom. The zero-order valence-corrected chi connectivity index (χ0v) is 17.1. The molecule has 0 saturated carbocycles. The Bertz CT molecular complexity index is 889. The summed E-state index contributed by atoms with van der Waals surface area (Å²) in [5, 5.41) is 2.58. The summed E-state index contributed by atoms with van der Waals surface area (Å²) < 4.78 is 12.2. The van der Waals surface area contributed by atoms with Crippen molar-refractivity contribution in [1.82, 2.24) is 4.57 Å². The van der Waals surface area contributed by atoms with Gasteiger partial charge in [0.05, 0.1) is 5.56 Å². The van der Waals surface area contributed by atoms with Crippen LogP contribution in [0.4, 0.5) is 10.5 Å². The number of hydrogen-bond acceptors (Lipinski definition) is 5. The molecule has 2 rings (SSSR count). The lowest BCUT2D eigenvalue weighted by Gasteiger charge is -2.19. The average Bonchev–Trinajstić information content (AvgIpc) is 2.86. The van der Waals surface area contributed by atoms with Gasteiger partial charge >= 0.3 is 12.1 Å². The fourth-order valence-electron chi connectivity index (χ4n) is 2.54. The van der Waals surface area contributed by atoms with Crippen molar-refractivity contribution in [2.24, 2.45) is 7.05 Å². The molecule has 7 nitrogen and oxygen atoms in total. The fraction of sp³-hybridized carbons (Fsp3) is 0.381. The maximum Gasteiger partial charge on any atom is 0.412 e. The second kappa shape index (κ2) is 8.29. The molecule has 0 bridgehead atoms. The maximum atomic E-state index is 12.3. The fourth-order valence-corrected chi connectivity index (χ4v) is 2.54. The summed E-state index contributed by atoms with van der Waals surface area (Å²) in [5.74, 6) is -0.861. The number of amides is 1. The van der Waals surface area contributed by atoms with Crippen molar-refractivity contribution in [1.29, 1.82) is 0 Å². The molecule has 0 unspecified atom stereocenters. The van der Waals surface area contributed by atoms with Gasteiger partial charge in [-0.2, -0.15) is 0 Å². The van der Waals surface area contributed by atoms with Crippen LogP contribution in [0.3, 0.4) is 0 Å². The van der Waals surface area contributed by atoms with Crippen molar-refractivity contribution in [3.05, 3.63) is 52.8 Å². The van der Waals surface area contributed by atoms with Crippen LogP contribution in [0.25, 0.3) is 0 Å². The van der Waals surface area contributed by atoms with Crippen molar-refractivity contribution in [2.45, 2.75) is 40.2 Å². The van der Waals surface area contributed by atoms with E-state index in [9.17, 15) is 14.4 Å². The number of Topliss-reactive ketones (excluding diaryl/α,β-unsaturated/α-hetero) is 1. The van der Waals surface area contributed by atoms with E-state index >= 15 is 0 Å². The molecule has 1 amide bonds. The minimum atomic E-state index is -0.609. The first-order chi connectivity index (χ1) is 13.0. The molecular formula is C21H26N2O5. The highest BCUT2D eigenvalue weighted by atomic mass is 16.6. The Balaban J connectivity index is 1.93. The predicted molar refractivity (Wildman–Crippen MR) is 106 cm³/mol. The molecule has 0 fully saturated rings. The third-order valence-electron chi connectivity index (χ3n) is 4.18. The van der Waals surface area contributed by atoms with E-state index in [1.807, 2.05) is 25.5 Å². The van der Waals surface area contributed by atoms with Gasteiger partial charge in [-0.05, 0) is 65.0 Å². The third-order valence-corrected chi connectivity index (χ3v) is 4.18. The van der Waals surface area contributed by atoms with Gasteiger partial charge in [-0.25, -0.2) is 9.59 Å². The minimum absolute atomic E-state index is 0.252. The first kappa shape index (κ1) is 21.2. The first-order valence-electron chi connectivity index (χ1n) is 8.91. The SMILES string of the molecule is Cc1cc(C(=O)COC(=O)c2ccc(NC(=O)OC(C)(C)C)cc2)c(C)n1C. The summed E-state index contributed by atoms with van der Waals surface area (Å²) in [6.07, 6.45) is -0.582. The Hall–Kier alpha value is -3.09. The quantitative estimate of drug-likeness (QED) is 0.619. The first-order valence-corrected chi connectivity index (χ1v) is 8.91. The molecule has 0 spiro atoms. The summed E-state index contributed by atoms with van der Waals surface area (Å²) in [4.78, 5) is 36.2. The number of aromatic nitrogens is 1. The molecule has 0 saturated heterocycles. The number of carbonyl (C=O) groups excluding carboxylic acids is 3. The van der Waals surface area contributed by atoms with Crippen molar-refractivity contribution >= 4 is 23.5 Å². The number of hydrogen-bond donors (Lipinski definition) is 1. The van der Waals surface area contributed by atoms with Crippen molar-refractivity contribution < 1.29 is 23.9 Å². The number of carbonyl (C=O) groups is 3. The number of rotatable bonds is 5. The number of aryl methyl sites for hydroxylation is 1. The molecule has 1 aromatic heterocycles. The Labute approximate surface area is 164 Å². The zero-order chi connectivity index (χ0) is 21.1. The number of nitrogens with zero attached hydrogens (tertiary/aromatic N) is 1. The van der Waals surface area contributed by atoms with Gasteiger partial charge in [0.1, 0.15) is 5.60 Å². The largest absolute Gasteiger partial charge is 0.454 e. The molecule has 0 radical (unpaired) electrons. The van der Waals surface area contributed by atoms with Crippen LogP contribution in [0.1, 0.15) is 52.9 Å². The van der Waals surface area contributed by atoms with Crippen LogP contribution in [-0.4, -0.2) is 34.6 Å². The van der Waals surface area contributed by atoms with Gasteiger partial charge in [0, 0.05) is 29.7 Å². The maximum absolute atomic E-state index is 12.3. The van der Waals surface area contributed by atoms with E-state index in [-0.39, 0.29) is 18.0 Å². The van der Waals surface area contributed by atoms with E-state index in [4.69, 9.17) is 9.47 Å². The molecule has 1 N–H and O–H groups in total. The summed E-state index contributed by atoms with van der Waals surface area (Å²) in [6.45, 7) is 8.73. The zero-order valence-electron chi connectivity index (χ0n) is 17.1. The monoisotopic (exact) mass is 386 g/mol. The number of ether oxygens (including phenoxy) is 2. The molecule has 1 heterocycles. The van der Waals surface area contributed by atoms with Crippen LogP contribution < -0.4 is 5.32 Å². The molecule has 2 aromatic rings. The van der Waals surface area contributed by atoms with Crippen LogP contribution in [0.15, 0.2) is 30.3 Å². The molecule has 150 valence electrons. The van der Waals surface area contributed by atoms with Crippen LogP contribution in [0, 0.1) is 13.8 Å². The molecule has 1 aromatic carbocycles. The van der Waals surface area contributed by atoms with E-state index in [0.29, 0.717) is 11.3 Å². The van der Waals surface area contributed by atoms with Crippen LogP contribution in [-0.2, 0) is 16.5 Å². The van der Waals surface area contributed by atoms with Gasteiger partial charge in [-0.1, -0.05) is 0 Å². The van der Waals surface area contributed by atoms with Gasteiger partial charge in [0.25, 0.3) is 0 Å². The van der Waals surface area contributed by atoms with Gasteiger partial charge in [-0.15, -0.1) is 0 Å². The number of ketones is 1. The van der Waals surface area contributed by atoms with Gasteiger partial charge < -0.3 is 14.0 Å². The van der Waals surface area contributed by atoms with Crippen LogP contribution in [0.5, 0.6) is 0 Å². The van der Waals surface area contributed by atoms with Crippen molar-refractivity contribution in [2.75, 3.05) is 11.9 Å². The van der Waals surface area contributed by atoms with Crippen molar-refractivity contribution in [3.8, 4) is 0 Å². The van der Waals surface area contributed by atoms with E-state index in [1.165, 1.54) is 12.1 Å². The highest BCUT2D eigenvalue weighted by Crippen LogP contribution is 2.16. The number of nitrogens with one attached hydrogen (secondary N) is 1. The highest BCUT2D eigenvalue weighted by molar-refractivity contribution is 6.00. The number of benzene rings is 1. The lowest BCUT2D eigenvalue weighted by atomic mass is 10.1. The lowest BCUT2D eigenvalue weighted by Crippen LogP contribution is -2.27. The molecule has 0 aliphatic heterocycles. The van der Waals surface area contributed by atoms with E-state index in [1.54, 1.807) is 39.0 Å². The summed E-state index contributed by atoms with van der Waals surface area (Å²) in [7, 11) is 1.88. The smallest absolute Gasteiger partial charge is 0.412 e. The van der Waals surface area contributed by atoms with E-state index in [0.717, 1.165) is 11.4 Å². The number of anilines is 1. The average molecular weight is 386 g/mol. The second-order valence-corrected chi connectivity index (χ2v) is 7.55. The molecule has 7 heteroatoms. The normalized spacial score (nSPS) is 11.1. The topological polar surface area (TPSA) is 86.6 Å². The van der Waals surface area contributed by atoms with Crippen LogP contribution in [0.2, 0.25) is 0 Å². The summed E-state index contributed by atoms with van der Waals surface area (Å²) >= 11 is 0. The number of esters is 1. The predicted octanol–water partition coefficient (Wildman–Crippen LogP) is 4.03. The Morgan fingerprint density at radius 1 is 1.07 bits per heavy atom. The standard InChI is InChI=1S/C21H26N2O5/c1-13-11-17(14(2)23(13)6)18(24)12-27-19(25)15-7-9-16(10-8-15)22-20(26)28-21(3,4)5/h7-11H,12H2,1-6H3,(H,22,26). The van der Waals surface area contributed by atoms with Gasteiger partial charge in [0.2, 0.25) is 5.78 Å². The van der Waals surface area contributed by atoms with Crippen molar-refractivity contribution in [3.63, 3.8) is 0 Å². The molecule has 0 atom stereocenters. The molecule has 0 aliphatic carbocycles. The van der Waals surface area contributed by atoms with E-state index in [2.05, 4.69) is 5.32 Å². The summed E-state index contributed by atoms with van der Waals surface area (Å²) in [5.41, 5.74) is 2.50. The second-order valence-electron chi connectivity index (χ2n) is 7.55. The molecule has 0 aliphatic rings. The Kier molecular flexibility index (Phi) is 6.28. The van der Waals surface area contributed by atoms with Gasteiger partial charge in [0.15, 0.2) is 6.61 Å². The summed E-state index contributed by atoms with van der Waals surface area (Å²) in [6, 6.07) is 7.93. The Morgan fingerprint density at radius 3 is 2.18 bits per heavy atom. The van der Waals surface area contributed by atoms with Crippen LogP contribution >= 0.6 is 0 Å². The third kappa shape index (κ3) is 5.45.